The first kappa shape index (κ1) is 12.5. The van der Waals surface area contributed by atoms with Gasteiger partial charge in [0.15, 0.2) is 0 Å². The first-order valence-electron chi connectivity index (χ1n) is 4.65. The second-order valence-electron chi connectivity index (χ2n) is 3.05. The van der Waals surface area contributed by atoms with Crippen LogP contribution in [0.25, 0.3) is 0 Å². The zero-order valence-corrected chi connectivity index (χ0v) is 9.55. The molecule has 0 bridgehead atoms. The molecule has 0 N–H and O–H groups in total. The fourth-order valence-corrected chi connectivity index (χ4v) is 1.50. The van der Waals surface area contributed by atoms with Crippen LogP contribution in [0.15, 0.2) is 17.0 Å². The largest absolute Gasteiger partial charge is 0.466 e. The van der Waals surface area contributed by atoms with Gasteiger partial charge in [-0.15, -0.1) is 12.6 Å². The highest BCUT2D eigenvalue weighted by Crippen LogP contribution is 2.21. The van der Waals surface area contributed by atoms with Crippen molar-refractivity contribution in [1.82, 2.24) is 0 Å². The predicted octanol–water partition coefficient (Wildman–Crippen LogP) is 2.09. The Morgan fingerprint density at radius 3 is 2.88 bits per heavy atom. The number of carbonyl (C=O) groups is 1. The summed E-state index contributed by atoms with van der Waals surface area (Å²) in [6.07, 6.45) is -0.0842. The monoisotopic (exact) mass is 239 g/mol. The van der Waals surface area contributed by atoms with Gasteiger partial charge in [-0.25, -0.2) is 4.39 Å². The van der Waals surface area contributed by atoms with Crippen LogP contribution in [0.4, 0.5) is 4.39 Å². The molecule has 16 heavy (non-hydrogen) atoms. The summed E-state index contributed by atoms with van der Waals surface area (Å²) in [6.45, 7) is 1.95. The van der Waals surface area contributed by atoms with Crippen molar-refractivity contribution in [2.24, 2.45) is 0 Å². The molecule has 0 spiro atoms. The lowest BCUT2D eigenvalue weighted by Crippen LogP contribution is -2.08. The second-order valence-corrected chi connectivity index (χ2v) is 3.50. The van der Waals surface area contributed by atoms with E-state index in [9.17, 15) is 9.18 Å². The van der Waals surface area contributed by atoms with Gasteiger partial charge in [0.25, 0.3) is 0 Å². The molecule has 0 atom stereocenters. The Kier molecular flexibility index (Phi) is 4.32. The third-order valence-electron chi connectivity index (χ3n) is 1.91. The molecule has 0 saturated carbocycles. The van der Waals surface area contributed by atoms with Crippen LogP contribution in [0.3, 0.4) is 0 Å². The first-order valence-corrected chi connectivity index (χ1v) is 5.10. The zero-order valence-electron chi connectivity index (χ0n) is 8.66. The lowest BCUT2D eigenvalue weighted by atomic mass is 10.1. The Hall–Kier alpha value is -1.54. The van der Waals surface area contributed by atoms with Gasteiger partial charge in [0.2, 0.25) is 0 Å². The Morgan fingerprint density at radius 2 is 2.31 bits per heavy atom. The van der Waals surface area contributed by atoms with E-state index >= 15 is 0 Å². The SMILES string of the molecule is CCOC(=O)Cc1cc(F)cc(C#N)c1S. The van der Waals surface area contributed by atoms with Crippen LogP contribution in [-0.2, 0) is 16.0 Å². The molecule has 1 aromatic carbocycles. The maximum atomic E-state index is 13.1. The molecule has 0 saturated heterocycles. The van der Waals surface area contributed by atoms with Gasteiger partial charge in [0.05, 0.1) is 18.6 Å². The van der Waals surface area contributed by atoms with Crippen molar-refractivity contribution < 1.29 is 13.9 Å². The number of benzene rings is 1. The van der Waals surface area contributed by atoms with E-state index in [0.717, 1.165) is 6.07 Å². The highest BCUT2D eigenvalue weighted by Gasteiger charge is 2.12. The molecule has 5 heteroatoms. The van der Waals surface area contributed by atoms with Gasteiger partial charge in [-0.2, -0.15) is 5.26 Å². The number of nitrogens with zero attached hydrogens (tertiary/aromatic N) is 1. The van der Waals surface area contributed by atoms with E-state index in [4.69, 9.17) is 10.00 Å². The van der Waals surface area contributed by atoms with Crippen LogP contribution in [0, 0.1) is 17.1 Å². The Morgan fingerprint density at radius 1 is 1.62 bits per heavy atom. The van der Waals surface area contributed by atoms with Gasteiger partial charge in [0.1, 0.15) is 11.9 Å². The number of thiol groups is 1. The standard InChI is InChI=1S/C11H10FNO2S/c1-2-15-10(14)5-7-3-9(12)4-8(6-13)11(7)16/h3-4,16H,2,5H2,1H3. The van der Waals surface area contributed by atoms with E-state index < -0.39 is 11.8 Å². The van der Waals surface area contributed by atoms with Crippen molar-refractivity contribution in [3.63, 3.8) is 0 Å². The maximum absolute atomic E-state index is 13.1. The number of rotatable bonds is 3. The Balaban J connectivity index is 3.01. The van der Waals surface area contributed by atoms with Gasteiger partial charge < -0.3 is 4.74 Å². The number of carbonyl (C=O) groups excluding carboxylic acids is 1. The molecule has 0 heterocycles. The lowest BCUT2D eigenvalue weighted by Gasteiger charge is -2.06. The van der Waals surface area contributed by atoms with Crippen LogP contribution < -0.4 is 0 Å². The maximum Gasteiger partial charge on any atom is 0.310 e. The number of halogens is 1. The summed E-state index contributed by atoms with van der Waals surface area (Å²) in [5.74, 6) is -1.03. The van der Waals surface area contributed by atoms with Gasteiger partial charge in [0, 0.05) is 4.90 Å². The van der Waals surface area contributed by atoms with Crippen molar-refractivity contribution in [1.29, 1.82) is 5.26 Å². The minimum absolute atomic E-state index is 0.0842. The molecule has 0 aliphatic heterocycles. The molecule has 0 aliphatic carbocycles. The predicted molar refractivity (Wildman–Crippen MR) is 58.7 cm³/mol. The zero-order chi connectivity index (χ0) is 12.1. The van der Waals surface area contributed by atoms with E-state index in [1.54, 1.807) is 6.92 Å². The van der Waals surface area contributed by atoms with Crippen molar-refractivity contribution >= 4 is 18.6 Å². The lowest BCUT2D eigenvalue weighted by molar-refractivity contribution is -0.142. The average molecular weight is 239 g/mol. The minimum Gasteiger partial charge on any atom is -0.466 e. The molecule has 0 aliphatic rings. The van der Waals surface area contributed by atoms with Crippen LogP contribution in [-0.4, -0.2) is 12.6 Å². The molecule has 84 valence electrons. The molecule has 1 rings (SSSR count). The van der Waals surface area contributed by atoms with Crippen LogP contribution in [0.1, 0.15) is 18.1 Å². The fourth-order valence-electron chi connectivity index (χ4n) is 1.24. The Bertz CT molecular complexity index is 454. The molecular weight excluding hydrogens is 229 g/mol. The molecule has 0 unspecified atom stereocenters. The summed E-state index contributed by atoms with van der Waals surface area (Å²) in [7, 11) is 0. The van der Waals surface area contributed by atoms with Crippen molar-refractivity contribution in [3.05, 3.63) is 29.1 Å². The van der Waals surface area contributed by atoms with Crippen molar-refractivity contribution in [2.75, 3.05) is 6.61 Å². The summed E-state index contributed by atoms with van der Waals surface area (Å²) in [5, 5.41) is 8.72. The van der Waals surface area contributed by atoms with Gasteiger partial charge in [-0.05, 0) is 24.6 Å². The van der Waals surface area contributed by atoms with E-state index in [-0.39, 0.29) is 18.6 Å². The number of ether oxygens (including phenoxy) is 1. The molecule has 1 aromatic rings. The Labute approximate surface area is 98.2 Å². The highest BCUT2D eigenvalue weighted by molar-refractivity contribution is 7.80. The summed E-state index contributed by atoms with van der Waals surface area (Å²) in [5.41, 5.74) is 0.473. The smallest absolute Gasteiger partial charge is 0.310 e. The third kappa shape index (κ3) is 2.97. The van der Waals surface area contributed by atoms with Crippen molar-refractivity contribution in [2.45, 2.75) is 18.2 Å². The first-order chi connectivity index (χ1) is 7.58. The van der Waals surface area contributed by atoms with Crippen LogP contribution in [0.5, 0.6) is 0 Å². The van der Waals surface area contributed by atoms with Crippen LogP contribution in [0.2, 0.25) is 0 Å². The molecule has 0 amide bonds. The minimum atomic E-state index is -0.561. The number of hydrogen-bond acceptors (Lipinski definition) is 4. The van der Waals surface area contributed by atoms with Crippen molar-refractivity contribution in [3.8, 4) is 6.07 Å². The van der Waals surface area contributed by atoms with Gasteiger partial charge >= 0.3 is 5.97 Å². The van der Waals surface area contributed by atoms with Crippen LogP contribution >= 0.6 is 12.6 Å². The summed E-state index contributed by atoms with van der Waals surface area (Å²) in [4.78, 5) is 11.5. The summed E-state index contributed by atoms with van der Waals surface area (Å²) >= 11 is 4.08. The quantitative estimate of drug-likeness (QED) is 0.649. The average Bonchev–Trinajstić information content (AvgIpc) is 2.23. The van der Waals surface area contributed by atoms with E-state index in [2.05, 4.69) is 12.6 Å². The molecular formula is C11H10FNO2S. The fraction of sp³-hybridized carbons (Fsp3) is 0.273. The number of nitriles is 1. The molecule has 0 fully saturated rings. The summed E-state index contributed by atoms with van der Waals surface area (Å²) < 4.78 is 17.8. The molecule has 0 aromatic heterocycles. The number of esters is 1. The summed E-state index contributed by atoms with van der Waals surface area (Å²) in [6, 6.07) is 4.07. The van der Waals surface area contributed by atoms with Gasteiger partial charge in [-0.1, -0.05) is 0 Å². The molecule has 3 nitrogen and oxygen atoms in total. The van der Waals surface area contributed by atoms with E-state index in [1.807, 2.05) is 6.07 Å². The topological polar surface area (TPSA) is 50.1 Å². The third-order valence-corrected chi connectivity index (χ3v) is 2.44. The highest BCUT2D eigenvalue weighted by atomic mass is 32.1. The number of hydrogen-bond donors (Lipinski definition) is 1. The van der Waals surface area contributed by atoms with Gasteiger partial charge in [-0.3, -0.25) is 4.79 Å². The molecule has 0 radical (unpaired) electrons. The second kappa shape index (κ2) is 5.52. The normalized spacial score (nSPS) is 9.62. The van der Waals surface area contributed by atoms with E-state index in [0.29, 0.717) is 10.5 Å². The van der Waals surface area contributed by atoms with E-state index in [1.165, 1.54) is 6.07 Å².